The summed E-state index contributed by atoms with van der Waals surface area (Å²) in [4.78, 5) is 27.0. The molecule has 154 valence electrons. The second-order valence-electron chi connectivity index (χ2n) is 9.67. The van der Waals surface area contributed by atoms with Gasteiger partial charge in [0.1, 0.15) is 5.76 Å². The van der Waals surface area contributed by atoms with Gasteiger partial charge in [-0.15, -0.1) is 0 Å². The summed E-state index contributed by atoms with van der Waals surface area (Å²) in [5.74, 6) is 1.12. The van der Waals surface area contributed by atoms with Gasteiger partial charge in [-0.1, -0.05) is 25.9 Å². The number of aryl methyl sites for hydroxylation is 1. The second kappa shape index (κ2) is 6.78. The van der Waals surface area contributed by atoms with Gasteiger partial charge in [0.05, 0.1) is 0 Å². The van der Waals surface area contributed by atoms with Crippen LogP contribution in [0.5, 0.6) is 0 Å². The zero-order valence-corrected chi connectivity index (χ0v) is 17.4. The topological polar surface area (TPSA) is 87.5 Å². The molecule has 3 fully saturated rings. The number of piperidine rings is 1. The number of hydrogen-bond donors (Lipinski definition) is 2. The Morgan fingerprint density at radius 3 is 2.43 bits per heavy atom. The Hall–Kier alpha value is -2.05. The van der Waals surface area contributed by atoms with E-state index in [9.17, 15) is 9.59 Å². The molecule has 2 N–H and O–H groups in total. The number of amides is 3. The molecule has 0 spiro atoms. The van der Waals surface area contributed by atoms with Crippen molar-refractivity contribution in [2.75, 3.05) is 13.1 Å². The molecule has 0 aromatic carbocycles. The molecule has 1 aliphatic heterocycles. The van der Waals surface area contributed by atoms with Gasteiger partial charge >= 0.3 is 6.03 Å². The Balaban J connectivity index is 1.27. The van der Waals surface area contributed by atoms with Crippen molar-refractivity contribution in [1.82, 2.24) is 20.7 Å². The molecule has 3 unspecified atom stereocenters. The highest BCUT2D eigenvalue weighted by Crippen LogP contribution is 2.65. The monoisotopic (exact) mass is 388 g/mol. The van der Waals surface area contributed by atoms with Gasteiger partial charge in [0.25, 0.3) is 5.91 Å². The van der Waals surface area contributed by atoms with E-state index < -0.39 is 0 Å². The van der Waals surface area contributed by atoms with Crippen LogP contribution in [-0.4, -0.2) is 47.2 Å². The summed E-state index contributed by atoms with van der Waals surface area (Å²) in [6, 6.07) is 2.01. The summed E-state index contributed by atoms with van der Waals surface area (Å²) in [7, 11) is 0. The minimum atomic E-state index is -0.211. The number of hydrogen-bond acceptors (Lipinski definition) is 4. The smallest absolute Gasteiger partial charge is 0.317 e. The molecule has 1 aromatic rings. The Bertz CT molecular complexity index is 765. The van der Waals surface area contributed by atoms with E-state index in [4.69, 9.17) is 4.52 Å². The maximum atomic E-state index is 12.8. The Morgan fingerprint density at radius 2 is 1.89 bits per heavy atom. The molecule has 2 bridgehead atoms. The number of nitrogens with one attached hydrogen (secondary N) is 2. The molecule has 7 heteroatoms. The molecule has 3 aliphatic rings. The van der Waals surface area contributed by atoms with Gasteiger partial charge in [-0.3, -0.25) is 4.79 Å². The van der Waals surface area contributed by atoms with Crippen molar-refractivity contribution in [3.63, 3.8) is 0 Å². The lowest BCUT2D eigenvalue weighted by atomic mass is 9.69. The van der Waals surface area contributed by atoms with Crippen LogP contribution in [-0.2, 0) is 0 Å². The van der Waals surface area contributed by atoms with Crippen LogP contribution >= 0.6 is 0 Å². The number of carbonyl (C=O) groups excluding carboxylic acids is 2. The molecule has 4 rings (SSSR count). The third-order valence-electron chi connectivity index (χ3n) is 8.07. The maximum Gasteiger partial charge on any atom is 0.317 e. The average Bonchev–Trinajstić information content (AvgIpc) is 3.24. The molecule has 0 radical (unpaired) electrons. The Labute approximate surface area is 166 Å². The lowest BCUT2D eigenvalue weighted by Gasteiger charge is -2.41. The number of likely N-dealkylation sites (tertiary alicyclic amines) is 1. The summed E-state index contributed by atoms with van der Waals surface area (Å²) in [5.41, 5.74) is 0.793. The zero-order chi connectivity index (χ0) is 20.1. The summed E-state index contributed by atoms with van der Waals surface area (Å²) < 4.78 is 4.96. The first-order chi connectivity index (χ1) is 13.2. The van der Waals surface area contributed by atoms with Crippen molar-refractivity contribution in [3.8, 4) is 0 Å². The summed E-state index contributed by atoms with van der Waals surface area (Å²) in [6.07, 6.45) is 5.09. The number of rotatable bonds is 3. The van der Waals surface area contributed by atoms with Crippen molar-refractivity contribution in [3.05, 3.63) is 17.5 Å². The number of urea groups is 1. The highest BCUT2D eigenvalue weighted by Gasteiger charge is 2.61. The molecule has 3 atom stereocenters. The van der Waals surface area contributed by atoms with Crippen molar-refractivity contribution in [2.45, 2.75) is 71.9 Å². The largest absolute Gasteiger partial charge is 0.361 e. The summed E-state index contributed by atoms with van der Waals surface area (Å²) >= 11 is 0. The van der Waals surface area contributed by atoms with Crippen LogP contribution in [0.25, 0.3) is 0 Å². The van der Waals surface area contributed by atoms with Gasteiger partial charge < -0.3 is 20.1 Å². The first-order valence-corrected chi connectivity index (χ1v) is 10.5. The third-order valence-corrected chi connectivity index (χ3v) is 8.07. The first kappa shape index (κ1) is 19.3. The molecular formula is C21H32N4O3. The molecule has 7 nitrogen and oxygen atoms in total. The van der Waals surface area contributed by atoms with Crippen LogP contribution in [0.4, 0.5) is 4.79 Å². The molecular weight excluding hydrogens is 356 g/mol. The third kappa shape index (κ3) is 3.08. The molecule has 1 saturated heterocycles. The van der Waals surface area contributed by atoms with Gasteiger partial charge in [-0.25, -0.2) is 4.79 Å². The number of nitrogens with zero attached hydrogens (tertiary/aromatic N) is 2. The lowest BCUT2D eigenvalue weighted by molar-refractivity contribution is 0.0904. The predicted octanol–water partition coefficient (Wildman–Crippen LogP) is 3.10. The fourth-order valence-corrected chi connectivity index (χ4v) is 5.62. The van der Waals surface area contributed by atoms with Gasteiger partial charge in [-0.2, -0.15) is 0 Å². The number of fused-ring (bicyclic) bond motifs is 2. The lowest BCUT2D eigenvalue weighted by Crippen LogP contribution is -2.54. The predicted molar refractivity (Wildman–Crippen MR) is 105 cm³/mol. The second-order valence-corrected chi connectivity index (χ2v) is 9.67. The van der Waals surface area contributed by atoms with E-state index >= 15 is 0 Å². The van der Waals surface area contributed by atoms with Crippen molar-refractivity contribution < 1.29 is 14.1 Å². The van der Waals surface area contributed by atoms with Gasteiger partial charge in [0.2, 0.25) is 0 Å². The highest BCUT2D eigenvalue weighted by molar-refractivity contribution is 5.92. The first-order valence-electron chi connectivity index (χ1n) is 10.5. The molecule has 3 amide bonds. The molecule has 1 aromatic heterocycles. The van der Waals surface area contributed by atoms with E-state index in [1.54, 1.807) is 13.0 Å². The van der Waals surface area contributed by atoms with Crippen LogP contribution in [0, 0.1) is 23.7 Å². The van der Waals surface area contributed by atoms with E-state index in [-0.39, 0.29) is 29.4 Å². The van der Waals surface area contributed by atoms with E-state index in [1.807, 2.05) is 4.90 Å². The van der Waals surface area contributed by atoms with Crippen molar-refractivity contribution in [2.24, 2.45) is 16.7 Å². The van der Waals surface area contributed by atoms with Crippen molar-refractivity contribution in [1.29, 1.82) is 0 Å². The van der Waals surface area contributed by atoms with E-state index in [0.717, 1.165) is 19.3 Å². The number of carbonyl (C=O) groups is 2. The van der Waals surface area contributed by atoms with Gasteiger partial charge in [0, 0.05) is 31.2 Å². The summed E-state index contributed by atoms with van der Waals surface area (Å²) in [6.45, 7) is 10.1. The van der Waals surface area contributed by atoms with E-state index in [0.29, 0.717) is 35.9 Å². The minimum Gasteiger partial charge on any atom is -0.361 e. The van der Waals surface area contributed by atoms with Gasteiger partial charge in [0.15, 0.2) is 5.69 Å². The molecule has 2 aliphatic carbocycles. The molecule has 2 heterocycles. The van der Waals surface area contributed by atoms with E-state index in [1.165, 1.54) is 12.8 Å². The normalized spacial score (nSPS) is 31.8. The molecule has 28 heavy (non-hydrogen) atoms. The average molecular weight is 389 g/mol. The highest BCUT2D eigenvalue weighted by atomic mass is 16.5. The fourth-order valence-electron chi connectivity index (χ4n) is 5.62. The molecule has 2 saturated carbocycles. The Morgan fingerprint density at radius 1 is 1.18 bits per heavy atom. The van der Waals surface area contributed by atoms with Crippen LogP contribution in [0.15, 0.2) is 10.6 Å². The van der Waals surface area contributed by atoms with Crippen LogP contribution in [0.1, 0.15) is 69.1 Å². The Kier molecular flexibility index (Phi) is 4.67. The fraction of sp³-hybridized carbons (Fsp3) is 0.762. The van der Waals surface area contributed by atoms with Gasteiger partial charge in [-0.05, 0) is 55.8 Å². The van der Waals surface area contributed by atoms with Crippen molar-refractivity contribution >= 4 is 11.9 Å². The number of aromatic nitrogens is 1. The van der Waals surface area contributed by atoms with Crippen LogP contribution in [0.2, 0.25) is 0 Å². The SMILES string of the molecule is Cc1cc(C(=O)NC2CCN(C(=O)NC3CC4CCC3(C)C4(C)C)CC2)no1. The summed E-state index contributed by atoms with van der Waals surface area (Å²) in [5, 5.41) is 10.1. The van der Waals surface area contributed by atoms with Crippen LogP contribution in [0.3, 0.4) is 0 Å². The minimum absolute atomic E-state index is 0.0477. The zero-order valence-electron chi connectivity index (χ0n) is 17.4. The maximum absolute atomic E-state index is 12.8. The van der Waals surface area contributed by atoms with E-state index in [2.05, 4.69) is 36.6 Å². The quantitative estimate of drug-likeness (QED) is 0.833. The van der Waals surface area contributed by atoms with Crippen LogP contribution < -0.4 is 10.6 Å². The standard InChI is InChI=1S/C21H32N4O3/c1-13-11-16(24-28-13)18(26)22-15-6-9-25(10-7-15)19(27)23-17-12-14-5-8-21(17,4)20(14,2)3/h11,14-15,17H,5-10,12H2,1-4H3,(H,22,26)(H,23,27).